The van der Waals surface area contributed by atoms with Gasteiger partial charge in [0.2, 0.25) is 11.7 Å². The minimum Gasteiger partial charge on any atom is -0.348 e. The van der Waals surface area contributed by atoms with Gasteiger partial charge < -0.3 is 14.8 Å². The number of hydrogen-bond acceptors (Lipinski definition) is 6. The summed E-state index contributed by atoms with van der Waals surface area (Å²) in [7, 11) is 0. The Morgan fingerprint density at radius 3 is 2.87 bits per heavy atom. The molecule has 2 N–H and O–H groups in total. The van der Waals surface area contributed by atoms with E-state index >= 15 is 0 Å². The number of imidazole rings is 1. The van der Waals surface area contributed by atoms with Crippen molar-refractivity contribution in [2.45, 2.75) is 26.8 Å². The van der Waals surface area contributed by atoms with Gasteiger partial charge >= 0.3 is 0 Å². The molecule has 3 aromatic heterocycles. The number of rotatable bonds is 4. The molecule has 0 unspecified atom stereocenters. The molecular weight excluding hydrogens is 296 g/mol. The van der Waals surface area contributed by atoms with Crippen LogP contribution in [0.1, 0.15) is 40.9 Å². The Morgan fingerprint density at radius 1 is 1.35 bits per heavy atom. The number of carbonyl (C=O) groups is 1. The van der Waals surface area contributed by atoms with Gasteiger partial charge in [-0.25, -0.2) is 4.98 Å². The first kappa shape index (κ1) is 14.9. The van der Waals surface area contributed by atoms with Crippen molar-refractivity contribution in [1.29, 1.82) is 0 Å². The van der Waals surface area contributed by atoms with Gasteiger partial charge in [0.1, 0.15) is 17.6 Å². The van der Waals surface area contributed by atoms with E-state index in [1.807, 2.05) is 13.0 Å². The number of H-pyrrole nitrogens is 1. The van der Waals surface area contributed by atoms with Gasteiger partial charge in [0.25, 0.3) is 5.91 Å². The molecular formula is C15H16N6O2. The molecule has 0 aromatic carbocycles. The van der Waals surface area contributed by atoms with Crippen LogP contribution in [-0.4, -0.2) is 31.0 Å². The Labute approximate surface area is 132 Å². The quantitative estimate of drug-likeness (QED) is 0.762. The number of nitrogens with zero attached hydrogens (tertiary/aromatic N) is 4. The zero-order chi connectivity index (χ0) is 16.4. The number of aromatic nitrogens is 5. The van der Waals surface area contributed by atoms with E-state index in [1.54, 1.807) is 32.3 Å². The maximum Gasteiger partial charge on any atom is 0.272 e. The van der Waals surface area contributed by atoms with Crippen LogP contribution in [0.5, 0.6) is 0 Å². The van der Waals surface area contributed by atoms with Crippen LogP contribution in [0.4, 0.5) is 0 Å². The molecule has 118 valence electrons. The highest BCUT2D eigenvalue weighted by molar-refractivity contribution is 5.92. The van der Waals surface area contributed by atoms with Crippen molar-refractivity contribution < 1.29 is 9.32 Å². The van der Waals surface area contributed by atoms with Crippen LogP contribution in [0.15, 0.2) is 29.0 Å². The highest BCUT2D eigenvalue weighted by Crippen LogP contribution is 2.19. The summed E-state index contributed by atoms with van der Waals surface area (Å²) in [6.45, 7) is 5.44. The number of amides is 1. The molecule has 1 amide bonds. The fourth-order valence-electron chi connectivity index (χ4n) is 2.08. The van der Waals surface area contributed by atoms with Gasteiger partial charge in [-0.15, -0.1) is 0 Å². The van der Waals surface area contributed by atoms with Crippen LogP contribution < -0.4 is 5.32 Å². The van der Waals surface area contributed by atoms with Crippen molar-refractivity contribution in [1.82, 2.24) is 30.4 Å². The maximum absolute atomic E-state index is 12.1. The van der Waals surface area contributed by atoms with E-state index in [2.05, 4.69) is 30.4 Å². The average molecular weight is 312 g/mol. The fraction of sp³-hybridized carbons (Fsp3) is 0.267. The van der Waals surface area contributed by atoms with Gasteiger partial charge in [-0.3, -0.25) is 9.78 Å². The lowest BCUT2D eigenvalue weighted by atomic mass is 10.2. The number of nitrogens with one attached hydrogen (secondary N) is 2. The molecule has 3 heterocycles. The van der Waals surface area contributed by atoms with Crippen LogP contribution in [0.2, 0.25) is 0 Å². The van der Waals surface area contributed by atoms with Crippen LogP contribution in [0, 0.1) is 13.8 Å². The van der Waals surface area contributed by atoms with Crippen molar-refractivity contribution in [3.8, 4) is 11.4 Å². The SMILES string of the molecule is Cc1cc(-c2noc([C@H](C)NC(=O)c3c[nH]c(C)n3)n2)ccn1. The summed E-state index contributed by atoms with van der Waals surface area (Å²) in [5, 5.41) is 6.72. The predicted octanol–water partition coefficient (Wildman–Crippen LogP) is 1.96. The molecule has 0 aliphatic carbocycles. The van der Waals surface area contributed by atoms with Crippen LogP contribution in [0.25, 0.3) is 11.4 Å². The molecule has 23 heavy (non-hydrogen) atoms. The molecule has 0 spiro atoms. The van der Waals surface area contributed by atoms with E-state index in [4.69, 9.17) is 4.52 Å². The van der Waals surface area contributed by atoms with Gasteiger partial charge in [-0.05, 0) is 32.9 Å². The summed E-state index contributed by atoms with van der Waals surface area (Å²) in [6, 6.07) is 3.24. The number of pyridine rings is 1. The molecule has 0 saturated carbocycles. The summed E-state index contributed by atoms with van der Waals surface area (Å²) in [5.74, 6) is 1.16. The lowest BCUT2D eigenvalue weighted by molar-refractivity contribution is 0.0928. The standard InChI is InChI=1S/C15H16N6O2/c1-8-6-11(4-5-16-8)13-20-15(23-21-13)9(2)18-14(22)12-7-17-10(3)19-12/h4-7,9H,1-3H3,(H,17,19)(H,18,22)/t9-/m0/s1. The molecule has 8 heteroatoms. The highest BCUT2D eigenvalue weighted by atomic mass is 16.5. The summed E-state index contributed by atoms with van der Waals surface area (Å²) >= 11 is 0. The molecule has 0 aliphatic rings. The number of aromatic amines is 1. The Morgan fingerprint density at radius 2 is 2.17 bits per heavy atom. The lowest BCUT2D eigenvalue weighted by Crippen LogP contribution is -2.27. The van der Waals surface area contributed by atoms with E-state index < -0.39 is 6.04 Å². The second-order valence-corrected chi connectivity index (χ2v) is 5.21. The third-order valence-corrected chi connectivity index (χ3v) is 3.25. The Kier molecular flexibility index (Phi) is 3.88. The molecule has 3 rings (SSSR count). The highest BCUT2D eigenvalue weighted by Gasteiger charge is 2.19. The largest absolute Gasteiger partial charge is 0.348 e. The van der Waals surface area contributed by atoms with Crippen LogP contribution >= 0.6 is 0 Å². The third-order valence-electron chi connectivity index (χ3n) is 3.25. The summed E-state index contributed by atoms with van der Waals surface area (Å²) in [4.78, 5) is 27.5. The van der Waals surface area contributed by atoms with Gasteiger partial charge in [0.15, 0.2) is 0 Å². The molecule has 0 radical (unpaired) electrons. The zero-order valence-electron chi connectivity index (χ0n) is 13.0. The van der Waals surface area contributed by atoms with Crippen LogP contribution in [0.3, 0.4) is 0 Å². The monoisotopic (exact) mass is 312 g/mol. The second kappa shape index (κ2) is 5.99. The minimum atomic E-state index is -0.427. The molecule has 0 bridgehead atoms. The predicted molar refractivity (Wildman–Crippen MR) is 81.5 cm³/mol. The van der Waals surface area contributed by atoms with E-state index in [0.717, 1.165) is 11.3 Å². The zero-order valence-corrected chi connectivity index (χ0v) is 13.0. The van der Waals surface area contributed by atoms with Gasteiger partial charge in [0, 0.05) is 23.7 Å². The summed E-state index contributed by atoms with van der Waals surface area (Å²) < 4.78 is 5.24. The van der Waals surface area contributed by atoms with Crippen molar-refractivity contribution >= 4 is 5.91 Å². The number of carbonyl (C=O) groups excluding carboxylic acids is 1. The van der Waals surface area contributed by atoms with Crippen molar-refractivity contribution in [3.05, 3.63) is 47.6 Å². The summed E-state index contributed by atoms with van der Waals surface area (Å²) in [6.07, 6.45) is 3.24. The maximum atomic E-state index is 12.1. The van der Waals surface area contributed by atoms with Gasteiger partial charge in [-0.1, -0.05) is 5.16 Å². The fourth-order valence-corrected chi connectivity index (χ4v) is 2.08. The van der Waals surface area contributed by atoms with E-state index in [1.165, 1.54) is 0 Å². The third kappa shape index (κ3) is 3.25. The number of hydrogen-bond donors (Lipinski definition) is 2. The number of aryl methyl sites for hydroxylation is 2. The Hall–Kier alpha value is -3.03. The Bertz CT molecular complexity index is 838. The Balaban J connectivity index is 1.73. The first-order chi connectivity index (χ1) is 11.0. The lowest BCUT2D eigenvalue weighted by Gasteiger charge is -2.07. The van der Waals surface area contributed by atoms with Gasteiger partial charge in [0.05, 0.1) is 0 Å². The van der Waals surface area contributed by atoms with Crippen molar-refractivity contribution in [3.63, 3.8) is 0 Å². The van der Waals surface area contributed by atoms with Crippen LogP contribution in [-0.2, 0) is 0 Å². The van der Waals surface area contributed by atoms with E-state index in [9.17, 15) is 4.79 Å². The second-order valence-electron chi connectivity index (χ2n) is 5.21. The van der Waals surface area contributed by atoms with E-state index in [-0.39, 0.29) is 5.91 Å². The topological polar surface area (TPSA) is 110 Å². The summed E-state index contributed by atoms with van der Waals surface area (Å²) in [5.41, 5.74) is 2.00. The van der Waals surface area contributed by atoms with Gasteiger partial charge in [-0.2, -0.15) is 4.98 Å². The molecule has 3 aromatic rings. The molecule has 0 saturated heterocycles. The molecule has 0 fully saturated rings. The smallest absolute Gasteiger partial charge is 0.272 e. The molecule has 8 nitrogen and oxygen atoms in total. The normalized spacial score (nSPS) is 12.1. The average Bonchev–Trinajstić information content (AvgIpc) is 3.16. The van der Waals surface area contributed by atoms with E-state index in [0.29, 0.717) is 23.2 Å². The van der Waals surface area contributed by atoms with Crippen molar-refractivity contribution in [2.75, 3.05) is 0 Å². The first-order valence-electron chi connectivity index (χ1n) is 7.12. The minimum absolute atomic E-state index is 0.304. The molecule has 1 atom stereocenters. The molecule has 0 aliphatic heterocycles. The first-order valence-corrected chi connectivity index (χ1v) is 7.12. The van der Waals surface area contributed by atoms with Crippen molar-refractivity contribution in [2.24, 2.45) is 0 Å².